The van der Waals surface area contributed by atoms with Crippen molar-refractivity contribution < 1.29 is 0 Å². The molecule has 0 aliphatic rings. The summed E-state index contributed by atoms with van der Waals surface area (Å²) in [5, 5.41) is 3.42. The summed E-state index contributed by atoms with van der Waals surface area (Å²) in [5.74, 6) is 0. The van der Waals surface area contributed by atoms with Gasteiger partial charge in [0.05, 0.1) is 0 Å². The first-order chi connectivity index (χ1) is 3.31. The Balaban J connectivity index is 0. The number of hydrogen-bond donors (Lipinski definition) is 0. The van der Waals surface area contributed by atoms with Crippen LogP contribution in [-0.2, 0) is 0 Å². The van der Waals surface area contributed by atoms with Crippen molar-refractivity contribution in [2.24, 2.45) is 5.11 Å². The molecular weight excluding hydrogens is 113 g/mol. The minimum absolute atomic E-state index is 0. The van der Waals surface area contributed by atoms with Gasteiger partial charge in [0.15, 0.2) is 0 Å². The molecule has 0 N–H and O–H groups in total. The molecule has 0 aromatic heterocycles. The van der Waals surface area contributed by atoms with E-state index in [9.17, 15) is 0 Å². The maximum atomic E-state index is 7.83. The standard InChI is InChI=1S/C4H9N3.Na.H/c1-3-4(2)6-7-5;;/h4H,3H2,1-2H3;;. The van der Waals surface area contributed by atoms with Crippen molar-refractivity contribution in [3.05, 3.63) is 10.4 Å². The fraction of sp³-hybridized carbons (Fsp3) is 1.00. The second kappa shape index (κ2) is 7.31. The zero-order valence-electron chi connectivity index (χ0n) is 4.63. The number of hydrogen-bond acceptors (Lipinski definition) is 1. The average Bonchev–Trinajstić information content (AvgIpc) is 1.68. The topological polar surface area (TPSA) is 48.8 Å². The Labute approximate surface area is 71.4 Å². The summed E-state index contributed by atoms with van der Waals surface area (Å²) in [4.78, 5) is 2.63. The van der Waals surface area contributed by atoms with Gasteiger partial charge in [-0.25, -0.2) is 0 Å². The molecule has 0 bridgehead atoms. The monoisotopic (exact) mass is 123 g/mol. The van der Waals surface area contributed by atoms with Crippen LogP contribution in [0.3, 0.4) is 0 Å². The van der Waals surface area contributed by atoms with Gasteiger partial charge >= 0.3 is 29.6 Å². The predicted octanol–water partition coefficient (Wildman–Crippen LogP) is 1.45. The van der Waals surface area contributed by atoms with Crippen LogP contribution in [0.15, 0.2) is 5.11 Å². The number of rotatable bonds is 2. The van der Waals surface area contributed by atoms with Crippen LogP contribution in [-0.4, -0.2) is 35.6 Å². The van der Waals surface area contributed by atoms with E-state index in [1.165, 1.54) is 0 Å². The number of azide groups is 1. The van der Waals surface area contributed by atoms with Gasteiger partial charge in [0.2, 0.25) is 0 Å². The maximum absolute atomic E-state index is 7.83. The van der Waals surface area contributed by atoms with Gasteiger partial charge in [-0.3, -0.25) is 0 Å². The molecule has 8 heavy (non-hydrogen) atoms. The molecule has 0 saturated heterocycles. The molecular formula is C4H10N3Na. The third-order valence-electron chi connectivity index (χ3n) is 0.840. The van der Waals surface area contributed by atoms with Crippen molar-refractivity contribution in [3.63, 3.8) is 0 Å². The number of nitrogens with zero attached hydrogens (tertiary/aromatic N) is 3. The molecule has 0 aromatic rings. The van der Waals surface area contributed by atoms with E-state index in [4.69, 9.17) is 5.53 Å². The first-order valence-electron chi connectivity index (χ1n) is 2.35. The fourth-order valence-electron chi connectivity index (χ4n) is 0.170. The summed E-state index contributed by atoms with van der Waals surface area (Å²) in [6.45, 7) is 3.87. The SMILES string of the molecule is CCC(C)N=[N+]=[N-].[NaH]. The van der Waals surface area contributed by atoms with Gasteiger partial charge in [-0.05, 0) is 12.0 Å². The quantitative estimate of drug-likeness (QED) is 0.231. The Hall–Kier alpha value is 0.310. The second-order valence-electron chi connectivity index (χ2n) is 1.46. The predicted molar refractivity (Wildman–Crippen MR) is 36.0 cm³/mol. The van der Waals surface area contributed by atoms with Crippen LogP contribution in [0.1, 0.15) is 20.3 Å². The summed E-state index contributed by atoms with van der Waals surface area (Å²) < 4.78 is 0. The molecule has 0 rings (SSSR count). The van der Waals surface area contributed by atoms with E-state index in [0.29, 0.717) is 0 Å². The molecule has 0 saturated carbocycles. The molecule has 0 radical (unpaired) electrons. The van der Waals surface area contributed by atoms with Crippen molar-refractivity contribution >= 4 is 29.6 Å². The van der Waals surface area contributed by atoms with Crippen LogP contribution in [0.2, 0.25) is 0 Å². The van der Waals surface area contributed by atoms with E-state index in [1.54, 1.807) is 0 Å². The zero-order chi connectivity index (χ0) is 5.70. The van der Waals surface area contributed by atoms with Gasteiger partial charge in [0, 0.05) is 11.0 Å². The van der Waals surface area contributed by atoms with Gasteiger partial charge in [-0.2, -0.15) is 0 Å². The van der Waals surface area contributed by atoms with Gasteiger partial charge in [-0.1, -0.05) is 19.0 Å². The first-order valence-corrected chi connectivity index (χ1v) is 2.35. The van der Waals surface area contributed by atoms with Crippen LogP contribution in [0, 0.1) is 0 Å². The first kappa shape index (κ1) is 11.2. The summed E-state index contributed by atoms with van der Waals surface area (Å²) >= 11 is 0. The average molecular weight is 123 g/mol. The summed E-state index contributed by atoms with van der Waals surface area (Å²) in [6, 6.07) is 0.157. The third-order valence-corrected chi connectivity index (χ3v) is 0.840. The van der Waals surface area contributed by atoms with Gasteiger partial charge in [0.25, 0.3) is 0 Å². The molecule has 42 valence electrons. The molecule has 3 nitrogen and oxygen atoms in total. The van der Waals surface area contributed by atoms with Crippen molar-refractivity contribution in [2.45, 2.75) is 26.3 Å². The third kappa shape index (κ3) is 6.31. The van der Waals surface area contributed by atoms with Gasteiger partial charge in [-0.15, -0.1) is 0 Å². The normalized spacial score (nSPS) is 10.8. The van der Waals surface area contributed by atoms with Crippen molar-refractivity contribution in [3.8, 4) is 0 Å². The van der Waals surface area contributed by atoms with Crippen LogP contribution in [0.25, 0.3) is 10.4 Å². The zero-order valence-corrected chi connectivity index (χ0v) is 4.63. The molecule has 0 aromatic carbocycles. The molecule has 1 unspecified atom stereocenters. The molecule has 0 spiro atoms. The van der Waals surface area contributed by atoms with Crippen LogP contribution in [0.5, 0.6) is 0 Å². The summed E-state index contributed by atoms with van der Waals surface area (Å²) in [6.07, 6.45) is 0.921. The van der Waals surface area contributed by atoms with Crippen LogP contribution < -0.4 is 0 Å². The van der Waals surface area contributed by atoms with Gasteiger partial charge in [0.1, 0.15) is 0 Å². The Morgan fingerprint density at radius 3 is 2.38 bits per heavy atom. The summed E-state index contributed by atoms with van der Waals surface area (Å²) in [5.41, 5.74) is 7.83. The van der Waals surface area contributed by atoms with Crippen LogP contribution in [0.4, 0.5) is 0 Å². The molecule has 0 aliphatic carbocycles. The molecule has 0 fully saturated rings. The molecule has 4 heteroatoms. The second-order valence-corrected chi connectivity index (χ2v) is 1.46. The molecule has 0 amide bonds. The Bertz CT molecular complexity index is 87.3. The Morgan fingerprint density at radius 1 is 1.75 bits per heavy atom. The Morgan fingerprint density at radius 2 is 2.25 bits per heavy atom. The Kier molecular flexibility index (Phi) is 10.2. The van der Waals surface area contributed by atoms with E-state index in [1.807, 2.05) is 13.8 Å². The van der Waals surface area contributed by atoms with E-state index in [0.717, 1.165) is 6.42 Å². The fourth-order valence-corrected chi connectivity index (χ4v) is 0.170. The molecule has 0 heterocycles. The van der Waals surface area contributed by atoms with E-state index in [2.05, 4.69) is 10.0 Å². The van der Waals surface area contributed by atoms with Crippen molar-refractivity contribution in [2.75, 3.05) is 0 Å². The van der Waals surface area contributed by atoms with Crippen molar-refractivity contribution in [1.29, 1.82) is 0 Å². The van der Waals surface area contributed by atoms with E-state index < -0.39 is 0 Å². The summed E-state index contributed by atoms with van der Waals surface area (Å²) in [7, 11) is 0. The molecule has 0 aliphatic heterocycles. The van der Waals surface area contributed by atoms with Crippen molar-refractivity contribution in [1.82, 2.24) is 0 Å². The van der Waals surface area contributed by atoms with Crippen LogP contribution >= 0.6 is 0 Å². The minimum atomic E-state index is 0. The van der Waals surface area contributed by atoms with E-state index in [-0.39, 0.29) is 35.6 Å². The molecule has 1 atom stereocenters. The van der Waals surface area contributed by atoms with Gasteiger partial charge < -0.3 is 0 Å². The van der Waals surface area contributed by atoms with E-state index >= 15 is 0 Å².